The van der Waals surface area contributed by atoms with Crippen LogP contribution in [-0.4, -0.2) is 61.2 Å². The fourth-order valence-electron chi connectivity index (χ4n) is 4.64. The molecule has 1 amide bonds. The first-order chi connectivity index (χ1) is 14.6. The van der Waals surface area contributed by atoms with Gasteiger partial charge in [-0.2, -0.15) is 4.68 Å². The predicted molar refractivity (Wildman–Crippen MR) is 106 cm³/mol. The third-order valence-corrected chi connectivity index (χ3v) is 7.50. The van der Waals surface area contributed by atoms with E-state index in [2.05, 4.69) is 25.8 Å². The highest BCUT2D eigenvalue weighted by molar-refractivity contribution is 7.14. The molecule has 2 aromatic heterocycles. The number of nitrogens with zero attached hydrogens (tertiary/aromatic N) is 6. The van der Waals surface area contributed by atoms with Crippen molar-refractivity contribution in [3.8, 4) is 5.13 Å². The smallest absolute Gasteiger partial charge is 0.336 e. The summed E-state index contributed by atoms with van der Waals surface area (Å²) in [5.74, 6) is -0.139. The molecule has 1 N–H and O–H groups in total. The molecular formula is C19H23N7O3S. The fraction of sp³-hybridized carbons (Fsp3) is 0.579. The number of rotatable bonds is 5. The number of carbonyl (C=O) groups excluding carboxylic acids is 2. The van der Waals surface area contributed by atoms with Crippen LogP contribution in [0.15, 0.2) is 23.8 Å². The molecule has 0 aromatic carbocycles. The van der Waals surface area contributed by atoms with E-state index in [1.165, 1.54) is 6.33 Å². The number of hydrogen-bond acceptors (Lipinski definition) is 9. The number of carbonyl (C=O) groups is 2. The number of amides is 1. The molecule has 2 aromatic rings. The first kappa shape index (κ1) is 19.3. The first-order valence-corrected chi connectivity index (χ1v) is 11.0. The highest BCUT2D eigenvalue weighted by Gasteiger charge is 2.50. The lowest BCUT2D eigenvalue weighted by Crippen LogP contribution is -2.42. The number of ether oxygens (including phenoxy) is 1. The normalized spacial score (nSPS) is 26.8. The molecule has 10 nitrogen and oxygen atoms in total. The molecule has 5 rings (SSSR count). The SMILES string of the molecule is CC1=C(N2CC[C@]3(CC[C@@H](NCc4cnc(-n5cnnn5)s4)CC3)C2=O)COC1=O. The van der Waals surface area contributed by atoms with Crippen LogP contribution in [0.1, 0.15) is 43.9 Å². The lowest BCUT2D eigenvalue weighted by Gasteiger charge is -2.36. The zero-order valence-electron chi connectivity index (χ0n) is 16.7. The zero-order valence-corrected chi connectivity index (χ0v) is 17.5. The Morgan fingerprint density at radius 3 is 2.83 bits per heavy atom. The molecule has 2 aliphatic heterocycles. The second kappa shape index (κ2) is 7.55. The number of aromatic nitrogens is 5. The van der Waals surface area contributed by atoms with E-state index in [9.17, 15) is 9.59 Å². The number of hydrogen-bond donors (Lipinski definition) is 1. The molecular weight excluding hydrogens is 406 g/mol. The highest BCUT2D eigenvalue weighted by Crippen LogP contribution is 2.46. The van der Waals surface area contributed by atoms with Crippen LogP contribution in [0.25, 0.3) is 5.13 Å². The van der Waals surface area contributed by atoms with Crippen molar-refractivity contribution >= 4 is 23.2 Å². The Labute approximate surface area is 177 Å². The van der Waals surface area contributed by atoms with Crippen molar-refractivity contribution in [1.82, 2.24) is 35.4 Å². The Hall–Kier alpha value is -2.66. The average molecular weight is 430 g/mol. The number of likely N-dealkylation sites (tertiary alicyclic amines) is 1. The highest BCUT2D eigenvalue weighted by atomic mass is 32.1. The molecule has 1 saturated heterocycles. The molecule has 4 heterocycles. The summed E-state index contributed by atoms with van der Waals surface area (Å²) >= 11 is 1.55. The standard InChI is InChI=1S/C19H23N7O3S/c1-12-15(10-29-16(12)27)25-7-6-19(17(25)28)4-2-13(3-5-19)20-8-14-9-21-18(30-14)26-11-22-23-24-26/h9,11,13,20H,2-8,10H2,1H3/t13-,19-. The van der Waals surface area contributed by atoms with Crippen molar-refractivity contribution < 1.29 is 14.3 Å². The minimum absolute atomic E-state index is 0.169. The van der Waals surface area contributed by atoms with Gasteiger partial charge in [-0.25, -0.2) is 9.78 Å². The third-order valence-electron chi connectivity index (χ3n) is 6.51. The number of nitrogens with one attached hydrogen (secondary N) is 1. The maximum Gasteiger partial charge on any atom is 0.336 e. The minimum Gasteiger partial charge on any atom is -0.456 e. The molecule has 1 saturated carbocycles. The van der Waals surface area contributed by atoms with E-state index in [1.807, 2.05) is 6.20 Å². The topological polar surface area (TPSA) is 115 Å². The van der Waals surface area contributed by atoms with Gasteiger partial charge in [0.2, 0.25) is 11.0 Å². The Morgan fingerprint density at radius 2 is 2.13 bits per heavy atom. The van der Waals surface area contributed by atoms with E-state index in [4.69, 9.17) is 4.74 Å². The summed E-state index contributed by atoms with van der Waals surface area (Å²) in [6.07, 6.45) is 7.91. The summed E-state index contributed by atoms with van der Waals surface area (Å²) in [7, 11) is 0. The molecule has 0 atom stereocenters. The van der Waals surface area contributed by atoms with Gasteiger partial charge in [-0.1, -0.05) is 11.3 Å². The second-order valence-corrected chi connectivity index (χ2v) is 9.25. The van der Waals surface area contributed by atoms with E-state index < -0.39 is 0 Å². The van der Waals surface area contributed by atoms with Gasteiger partial charge in [-0.15, -0.1) is 5.10 Å². The second-order valence-electron chi connectivity index (χ2n) is 8.15. The largest absolute Gasteiger partial charge is 0.456 e. The summed E-state index contributed by atoms with van der Waals surface area (Å²) in [6, 6.07) is 0.383. The van der Waals surface area contributed by atoms with Gasteiger partial charge in [-0.05, 0) is 49.5 Å². The molecule has 3 aliphatic rings. The lowest BCUT2D eigenvalue weighted by atomic mass is 9.71. The summed E-state index contributed by atoms with van der Waals surface area (Å²) in [5.41, 5.74) is 1.04. The van der Waals surface area contributed by atoms with E-state index in [-0.39, 0.29) is 23.9 Å². The third kappa shape index (κ3) is 3.31. The molecule has 2 fully saturated rings. The first-order valence-electron chi connectivity index (χ1n) is 10.2. The zero-order chi connectivity index (χ0) is 20.7. The molecule has 158 valence electrons. The van der Waals surface area contributed by atoms with Crippen LogP contribution in [0.2, 0.25) is 0 Å². The van der Waals surface area contributed by atoms with Crippen molar-refractivity contribution in [1.29, 1.82) is 0 Å². The fourth-order valence-corrected chi connectivity index (χ4v) is 5.42. The van der Waals surface area contributed by atoms with E-state index in [1.54, 1.807) is 27.8 Å². The van der Waals surface area contributed by atoms with E-state index in [0.717, 1.165) is 54.4 Å². The summed E-state index contributed by atoms with van der Waals surface area (Å²) in [5, 5.41) is 15.5. The van der Waals surface area contributed by atoms with Crippen molar-refractivity contribution in [3.63, 3.8) is 0 Å². The van der Waals surface area contributed by atoms with Crippen LogP contribution in [0, 0.1) is 5.41 Å². The van der Waals surface area contributed by atoms with Gasteiger partial charge in [0, 0.05) is 30.2 Å². The number of cyclic esters (lactones) is 1. The lowest BCUT2D eigenvalue weighted by molar-refractivity contribution is -0.138. The van der Waals surface area contributed by atoms with Crippen molar-refractivity contribution in [2.75, 3.05) is 13.2 Å². The molecule has 0 bridgehead atoms. The number of thiazole rings is 1. The summed E-state index contributed by atoms with van der Waals surface area (Å²) < 4.78 is 6.65. The van der Waals surface area contributed by atoms with Gasteiger partial charge in [0.1, 0.15) is 12.9 Å². The molecule has 30 heavy (non-hydrogen) atoms. The Bertz CT molecular complexity index is 992. The number of esters is 1. The Balaban J connectivity index is 1.16. The van der Waals surface area contributed by atoms with Gasteiger partial charge < -0.3 is 15.0 Å². The van der Waals surface area contributed by atoms with Gasteiger partial charge in [0.25, 0.3) is 0 Å². The van der Waals surface area contributed by atoms with Crippen LogP contribution < -0.4 is 5.32 Å². The van der Waals surface area contributed by atoms with Crippen molar-refractivity contribution in [3.05, 3.63) is 28.7 Å². The van der Waals surface area contributed by atoms with Gasteiger partial charge in [0.05, 0.1) is 16.7 Å². The molecule has 1 aliphatic carbocycles. The van der Waals surface area contributed by atoms with Crippen molar-refractivity contribution in [2.24, 2.45) is 5.41 Å². The average Bonchev–Trinajstić information content (AvgIpc) is 3.54. The van der Waals surface area contributed by atoms with Crippen LogP contribution in [-0.2, 0) is 20.9 Å². The minimum atomic E-state index is -0.307. The molecule has 0 radical (unpaired) electrons. The van der Waals surface area contributed by atoms with Crippen LogP contribution >= 0.6 is 11.3 Å². The molecule has 11 heteroatoms. The van der Waals surface area contributed by atoms with E-state index >= 15 is 0 Å². The quantitative estimate of drug-likeness (QED) is 0.705. The monoisotopic (exact) mass is 429 g/mol. The van der Waals surface area contributed by atoms with Crippen LogP contribution in [0.5, 0.6) is 0 Å². The molecule has 0 unspecified atom stereocenters. The van der Waals surface area contributed by atoms with Gasteiger partial charge >= 0.3 is 5.97 Å². The summed E-state index contributed by atoms with van der Waals surface area (Å²) in [6.45, 7) is 3.39. The van der Waals surface area contributed by atoms with E-state index in [0.29, 0.717) is 18.2 Å². The van der Waals surface area contributed by atoms with Gasteiger partial charge in [-0.3, -0.25) is 4.79 Å². The maximum atomic E-state index is 13.2. The van der Waals surface area contributed by atoms with Crippen molar-refractivity contribution in [2.45, 2.75) is 51.6 Å². The van der Waals surface area contributed by atoms with Crippen LogP contribution in [0.3, 0.4) is 0 Å². The molecule has 1 spiro atoms. The predicted octanol–water partition coefficient (Wildman–Crippen LogP) is 1.20. The van der Waals surface area contributed by atoms with Crippen LogP contribution in [0.4, 0.5) is 0 Å². The van der Waals surface area contributed by atoms with Gasteiger partial charge in [0.15, 0.2) is 0 Å². The summed E-state index contributed by atoms with van der Waals surface area (Å²) in [4.78, 5) is 32.2. The maximum absolute atomic E-state index is 13.2. The Kier molecular flexibility index (Phi) is 4.86. The Morgan fingerprint density at radius 1 is 1.30 bits per heavy atom. The number of tetrazole rings is 1.